The third kappa shape index (κ3) is 4.39. The number of benzene rings is 2. The number of anilines is 1. The van der Waals surface area contributed by atoms with Crippen LogP contribution in [0.2, 0.25) is 0 Å². The van der Waals surface area contributed by atoms with E-state index >= 15 is 0 Å². The predicted octanol–water partition coefficient (Wildman–Crippen LogP) is 3.32. The lowest BCUT2D eigenvalue weighted by atomic mass is 10.1. The fourth-order valence-corrected chi connectivity index (χ4v) is 3.01. The fraction of sp³-hybridized carbons (Fsp3) is 0.0476. The van der Waals surface area contributed by atoms with Crippen molar-refractivity contribution < 1.29 is 14.6 Å². The number of pyridine rings is 1. The molecule has 0 fully saturated rings. The Balaban J connectivity index is 2.09. The van der Waals surface area contributed by atoms with E-state index in [2.05, 4.69) is 5.32 Å². The molecule has 1 heterocycles. The second-order valence-electron chi connectivity index (χ2n) is 6.09. The van der Waals surface area contributed by atoms with Crippen LogP contribution in [0.15, 0.2) is 79.1 Å². The van der Waals surface area contributed by atoms with Crippen LogP contribution >= 0.6 is 12.2 Å². The largest absolute Gasteiger partial charge is 0.867 e. The minimum Gasteiger partial charge on any atom is -0.867 e. The molecule has 0 atom stereocenters. The monoisotopic (exact) mass is 391 g/mol. The van der Waals surface area contributed by atoms with Crippen LogP contribution in [0.3, 0.4) is 0 Å². The van der Waals surface area contributed by atoms with Gasteiger partial charge >= 0.3 is 0 Å². The number of thiocarbonyl (C=S) groups is 1. The van der Waals surface area contributed by atoms with Crippen molar-refractivity contribution >= 4 is 40.0 Å². The third-order valence-corrected chi connectivity index (χ3v) is 4.29. The highest BCUT2D eigenvalue weighted by Gasteiger charge is 2.19. The first kappa shape index (κ1) is 19.2. The van der Waals surface area contributed by atoms with Crippen LogP contribution in [-0.4, -0.2) is 9.91 Å². The van der Waals surface area contributed by atoms with E-state index in [9.17, 15) is 15.2 Å². The molecule has 0 spiro atoms. The summed E-state index contributed by atoms with van der Waals surface area (Å²) in [5.74, 6) is -0.412. The first-order valence-corrected chi connectivity index (χ1v) is 8.87. The van der Waals surface area contributed by atoms with Crippen molar-refractivity contribution in [3.05, 3.63) is 100 Å². The molecule has 0 saturated heterocycles. The van der Waals surface area contributed by atoms with E-state index in [-0.39, 0.29) is 21.9 Å². The molecule has 1 N–H and O–H groups in total. The zero-order chi connectivity index (χ0) is 20.1. The fourth-order valence-electron chi connectivity index (χ4n) is 2.70. The number of nitro benzene ring substituents is 1. The molecule has 3 rings (SSSR count). The molecule has 0 aliphatic rings. The highest BCUT2D eigenvalue weighted by molar-refractivity contribution is 7.81. The number of nitrogens with one attached hydrogen (secondary N) is 1. The van der Waals surface area contributed by atoms with Crippen molar-refractivity contribution in [2.75, 3.05) is 5.32 Å². The minimum atomic E-state index is -0.532. The highest BCUT2D eigenvalue weighted by Crippen LogP contribution is 2.21. The zero-order valence-electron chi connectivity index (χ0n) is 15.0. The standard InChI is InChI=1S/C21H17N3O3S/c1-15-7-5-9-17(13-15)22-21(28)19(23-11-3-2-4-12-23)20(25)16-8-6-10-18(14-16)24(26)27/h2-14H,1H3,(H-,22,25,28). The SMILES string of the molecule is Cc1cccc(NC(=S)C(=C([O-])c2cccc([N+](=O)[O-])c2)[n+]2ccccc2)c1. The molecule has 0 aliphatic carbocycles. The summed E-state index contributed by atoms with van der Waals surface area (Å²) in [6.45, 7) is 1.96. The summed E-state index contributed by atoms with van der Waals surface area (Å²) in [5.41, 5.74) is 2.05. The Kier molecular flexibility index (Phi) is 5.76. The maximum Gasteiger partial charge on any atom is 0.270 e. The molecule has 28 heavy (non-hydrogen) atoms. The van der Waals surface area contributed by atoms with Gasteiger partial charge in [-0.2, -0.15) is 4.57 Å². The van der Waals surface area contributed by atoms with Crippen molar-refractivity contribution in [2.45, 2.75) is 6.92 Å². The summed E-state index contributed by atoms with van der Waals surface area (Å²) in [4.78, 5) is 10.8. The Hall–Kier alpha value is -3.58. The van der Waals surface area contributed by atoms with Crippen molar-refractivity contribution in [2.24, 2.45) is 0 Å². The van der Waals surface area contributed by atoms with E-state index in [4.69, 9.17) is 12.2 Å². The Morgan fingerprint density at radius 3 is 2.43 bits per heavy atom. The number of aryl methyl sites for hydroxylation is 1. The number of hydrogen-bond donors (Lipinski definition) is 1. The van der Waals surface area contributed by atoms with Crippen molar-refractivity contribution in [3.63, 3.8) is 0 Å². The van der Waals surface area contributed by atoms with E-state index in [1.807, 2.05) is 37.3 Å². The maximum atomic E-state index is 13.2. The van der Waals surface area contributed by atoms with Crippen LogP contribution < -0.4 is 15.0 Å². The van der Waals surface area contributed by atoms with E-state index in [0.717, 1.165) is 11.3 Å². The molecule has 0 aliphatic heterocycles. The van der Waals surface area contributed by atoms with Crippen LogP contribution in [0.1, 0.15) is 11.1 Å². The van der Waals surface area contributed by atoms with E-state index in [1.54, 1.807) is 29.1 Å². The molecule has 0 unspecified atom stereocenters. The van der Waals surface area contributed by atoms with Gasteiger partial charge in [0.1, 0.15) is 0 Å². The van der Waals surface area contributed by atoms with Gasteiger partial charge in [-0.15, -0.1) is 0 Å². The van der Waals surface area contributed by atoms with Gasteiger partial charge in [-0.3, -0.25) is 10.1 Å². The number of hydrogen-bond acceptors (Lipinski definition) is 4. The van der Waals surface area contributed by atoms with E-state index < -0.39 is 10.7 Å². The Morgan fingerprint density at radius 1 is 1.04 bits per heavy atom. The average molecular weight is 391 g/mol. The maximum absolute atomic E-state index is 13.2. The first-order chi connectivity index (χ1) is 13.5. The Morgan fingerprint density at radius 2 is 1.75 bits per heavy atom. The van der Waals surface area contributed by atoms with Gasteiger partial charge in [-0.25, -0.2) is 0 Å². The number of non-ortho nitro benzene ring substituents is 1. The first-order valence-electron chi connectivity index (χ1n) is 8.46. The predicted molar refractivity (Wildman–Crippen MR) is 110 cm³/mol. The summed E-state index contributed by atoms with van der Waals surface area (Å²) in [6, 6.07) is 18.6. The summed E-state index contributed by atoms with van der Waals surface area (Å²) < 4.78 is 1.60. The molecule has 0 bridgehead atoms. The summed E-state index contributed by atoms with van der Waals surface area (Å²) in [7, 11) is 0. The second-order valence-corrected chi connectivity index (χ2v) is 6.50. The molecule has 3 aromatic rings. The molecular formula is C21H17N3O3S. The topological polar surface area (TPSA) is 82.1 Å². The number of nitrogens with zero attached hydrogens (tertiary/aromatic N) is 2. The van der Waals surface area contributed by atoms with Gasteiger partial charge in [-0.1, -0.05) is 42.5 Å². The normalized spacial score (nSPS) is 11.5. The van der Waals surface area contributed by atoms with Gasteiger partial charge in [0, 0.05) is 30.0 Å². The van der Waals surface area contributed by atoms with E-state index in [1.165, 1.54) is 24.3 Å². The van der Waals surface area contributed by atoms with Crippen molar-refractivity contribution in [1.82, 2.24) is 0 Å². The summed E-state index contributed by atoms with van der Waals surface area (Å²) in [6.07, 6.45) is 3.41. The molecular weight excluding hydrogens is 374 g/mol. The lowest BCUT2D eigenvalue weighted by Gasteiger charge is -2.17. The zero-order valence-corrected chi connectivity index (χ0v) is 15.8. The second kappa shape index (κ2) is 8.41. The molecule has 7 heteroatoms. The van der Waals surface area contributed by atoms with Crippen LogP contribution in [0.5, 0.6) is 0 Å². The molecule has 2 aromatic carbocycles. The van der Waals surface area contributed by atoms with Gasteiger partial charge < -0.3 is 10.4 Å². The quantitative estimate of drug-likeness (QED) is 0.180. The lowest BCUT2D eigenvalue weighted by Crippen LogP contribution is -2.39. The molecule has 0 radical (unpaired) electrons. The molecule has 6 nitrogen and oxygen atoms in total. The number of nitro groups is 1. The van der Waals surface area contributed by atoms with E-state index in [0.29, 0.717) is 0 Å². The van der Waals surface area contributed by atoms with Gasteiger partial charge in [0.15, 0.2) is 17.4 Å². The van der Waals surface area contributed by atoms with Gasteiger partial charge in [0.25, 0.3) is 5.69 Å². The highest BCUT2D eigenvalue weighted by atomic mass is 32.1. The van der Waals surface area contributed by atoms with Crippen LogP contribution in [0.4, 0.5) is 11.4 Å². The van der Waals surface area contributed by atoms with Crippen molar-refractivity contribution in [3.8, 4) is 0 Å². The average Bonchev–Trinajstić information content (AvgIpc) is 2.69. The van der Waals surface area contributed by atoms with Gasteiger partial charge in [-0.05, 0) is 35.9 Å². The molecule has 140 valence electrons. The summed E-state index contributed by atoms with van der Waals surface area (Å²) in [5, 5.41) is 27.4. The Labute approximate surface area is 167 Å². The van der Waals surface area contributed by atoms with Crippen LogP contribution in [0, 0.1) is 17.0 Å². The summed E-state index contributed by atoms with van der Waals surface area (Å²) >= 11 is 5.52. The molecule has 0 saturated carbocycles. The van der Waals surface area contributed by atoms with Gasteiger partial charge in [0.2, 0.25) is 5.70 Å². The third-order valence-electron chi connectivity index (χ3n) is 4.00. The van der Waals surface area contributed by atoms with Gasteiger partial charge in [0.05, 0.1) is 4.92 Å². The number of rotatable bonds is 5. The smallest absolute Gasteiger partial charge is 0.270 e. The Bertz CT molecular complexity index is 1070. The minimum absolute atomic E-state index is 0.152. The van der Waals surface area contributed by atoms with Crippen LogP contribution in [0.25, 0.3) is 11.5 Å². The number of aromatic nitrogens is 1. The lowest BCUT2D eigenvalue weighted by molar-refractivity contribution is -0.577. The van der Waals surface area contributed by atoms with Crippen LogP contribution in [-0.2, 0) is 0 Å². The molecule has 1 aromatic heterocycles. The molecule has 0 amide bonds. The van der Waals surface area contributed by atoms with Crippen molar-refractivity contribution in [1.29, 1.82) is 0 Å².